The Kier molecular flexibility index (Phi) is 7.12. The summed E-state index contributed by atoms with van der Waals surface area (Å²) in [7, 11) is 0. The summed E-state index contributed by atoms with van der Waals surface area (Å²) in [6, 6.07) is 18.0. The zero-order chi connectivity index (χ0) is 22.5. The van der Waals surface area contributed by atoms with Crippen LogP contribution in [0.15, 0.2) is 65.7 Å². The highest BCUT2D eigenvalue weighted by molar-refractivity contribution is 8.00. The first-order chi connectivity index (χ1) is 16.3. The molecule has 2 fully saturated rings. The largest absolute Gasteiger partial charge is 0.336 e. The smallest absolute Gasteiger partial charge is 0.253 e. The number of hydrogen-bond acceptors (Lipinski definition) is 5. The van der Waals surface area contributed by atoms with Crippen LogP contribution in [0.25, 0.3) is 10.9 Å². The van der Waals surface area contributed by atoms with E-state index in [9.17, 15) is 4.79 Å². The molecule has 1 saturated heterocycles. The lowest BCUT2D eigenvalue weighted by atomic mass is 9.89. The van der Waals surface area contributed by atoms with Crippen molar-refractivity contribution in [2.45, 2.75) is 37.0 Å². The lowest BCUT2D eigenvalue weighted by molar-refractivity contribution is 0.0606. The average molecular weight is 461 g/mol. The third-order valence-corrected chi connectivity index (χ3v) is 7.79. The van der Waals surface area contributed by atoms with Crippen LogP contribution in [0.4, 0.5) is 5.69 Å². The van der Waals surface area contributed by atoms with Gasteiger partial charge in [0.15, 0.2) is 0 Å². The zero-order valence-corrected chi connectivity index (χ0v) is 19.9. The summed E-state index contributed by atoms with van der Waals surface area (Å²) in [5, 5.41) is 1.13. The molecule has 0 unspecified atom stereocenters. The predicted octanol–water partition coefficient (Wildman–Crippen LogP) is 5.69. The van der Waals surface area contributed by atoms with Crippen LogP contribution in [-0.2, 0) is 0 Å². The Morgan fingerprint density at radius 1 is 0.939 bits per heavy atom. The first kappa shape index (κ1) is 22.2. The molecular formula is C27H32N4OS. The number of hydrogen-bond donors (Lipinski definition) is 1. The molecule has 2 heterocycles. The molecule has 1 amide bonds. The Balaban J connectivity index is 1.13. The minimum atomic E-state index is 0.143. The summed E-state index contributed by atoms with van der Waals surface area (Å²) in [5.41, 5.74) is 2.73. The first-order valence-electron chi connectivity index (χ1n) is 12.1. The lowest BCUT2D eigenvalue weighted by Crippen LogP contribution is -2.49. The fourth-order valence-electron chi connectivity index (χ4n) is 5.00. The van der Waals surface area contributed by atoms with Gasteiger partial charge >= 0.3 is 0 Å². The Bertz CT molecular complexity index is 1070. The molecule has 1 N–H and O–H groups in total. The van der Waals surface area contributed by atoms with Crippen LogP contribution < -0.4 is 4.72 Å². The molecule has 2 aromatic carbocycles. The summed E-state index contributed by atoms with van der Waals surface area (Å²) in [6.07, 6.45) is 8.79. The third kappa shape index (κ3) is 5.50. The van der Waals surface area contributed by atoms with Gasteiger partial charge in [0.25, 0.3) is 5.91 Å². The van der Waals surface area contributed by atoms with Gasteiger partial charge in [-0.1, -0.05) is 37.5 Å². The summed E-state index contributed by atoms with van der Waals surface area (Å²) < 4.78 is 3.39. The second kappa shape index (κ2) is 10.6. The van der Waals surface area contributed by atoms with Gasteiger partial charge in [0, 0.05) is 55.6 Å². The van der Waals surface area contributed by atoms with Gasteiger partial charge in [-0.25, -0.2) is 0 Å². The molecule has 0 spiro atoms. The molecule has 6 heteroatoms. The molecule has 5 nitrogen and oxygen atoms in total. The number of anilines is 1. The molecule has 2 aliphatic rings. The van der Waals surface area contributed by atoms with Crippen molar-refractivity contribution in [3.63, 3.8) is 0 Å². The van der Waals surface area contributed by atoms with Crippen LogP contribution in [0.1, 0.15) is 42.5 Å². The van der Waals surface area contributed by atoms with Gasteiger partial charge in [0.1, 0.15) is 0 Å². The second-order valence-electron chi connectivity index (χ2n) is 9.21. The number of piperazine rings is 1. The zero-order valence-electron chi connectivity index (χ0n) is 19.1. The van der Waals surface area contributed by atoms with Gasteiger partial charge in [-0.15, -0.1) is 0 Å². The third-order valence-electron chi connectivity index (χ3n) is 6.91. The topological polar surface area (TPSA) is 48.5 Å². The van der Waals surface area contributed by atoms with Crippen molar-refractivity contribution in [3.05, 3.63) is 66.4 Å². The van der Waals surface area contributed by atoms with Gasteiger partial charge in [-0.2, -0.15) is 0 Å². The van der Waals surface area contributed by atoms with Crippen molar-refractivity contribution in [1.82, 2.24) is 14.8 Å². The molecule has 1 aliphatic carbocycles. The number of pyridine rings is 1. The van der Waals surface area contributed by atoms with E-state index in [1.165, 1.54) is 38.6 Å². The molecule has 5 rings (SSSR count). The Labute approximate surface area is 200 Å². The number of nitrogens with zero attached hydrogens (tertiary/aromatic N) is 3. The van der Waals surface area contributed by atoms with E-state index in [4.69, 9.17) is 0 Å². The summed E-state index contributed by atoms with van der Waals surface area (Å²) in [5.74, 6) is 1.01. The molecule has 33 heavy (non-hydrogen) atoms. The van der Waals surface area contributed by atoms with Crippen LogP contribution in [0.2, 0.25) is 0 Å². The number of nitrogens with one attached hydrogen (secondary N) is 1. The highest BCUT2D eigenvalue weighted by Crippen LogP contribution is 2.28. The maximum absolute atomic E-state index is 13.0. The van der Waals surface area contributed by atoms with E-state index < -0.39 is 0 Å². The molecule has 0 bridgehead atoms. The monoisotopic (exact) mass is 460 g/mol. The van der Waals surface area contributed by atoms with Gasteiger partial charge in [-0.05, 0) is 67.1 Å². The molecule has 3 aromatic rings. The summed E-state index contributed by atoms with van der Waals surface area (Å²) >= 11 is 1.55. The van der Waals surface area contributed by atoms with E-state index in [0.717, 1.165) is 59.1 Å². The van der Waals surface area contributed by atoms with Crippen molar-refractivity contribution in [1.29, 1.82) is 0 Å². The normalized spacial score (nSPS) is 17.9. The molecule has 0 atom stereocenters. The van der Waals surface area contributed by atoms with Crippen LogP contribution in [0.5, 0.6) is 0 Å². The Hall–Kier alpha value is -2.57. The number of carbonyl (C=O) groups excluding carboxylic acids is 1. The maximum atomic E-state index is 13.0. The lowest BCUT2D eigenvalue weighted by Gasteiger charge is -2.37. The minimum Gasteiger partial charge on any atom is -0.336 e. The number of fused-ring (bicyclic) bond motifs is 1. The fraction of sp³-hybridized carbons (Fsp3) is 0.407. The van der Waals surface area contributed by atoms with Crippen molar-refractivity contribution >= 4 is 34.4 Å². The highest BCUT2D eigenvalue weighted by atomic mass is 32.2. The van der Waals surface area contributed by atoms with Crippen LogP contribution >= 0.6 is 11.9 Å². The SMILES string of the molecule is O=C(c1ccc(NSc2cccc3cccnc23)cc1)N1CCN(CC2CCCCC2)CC1. The van der Waals surface area contributed by atoms with E-state index >= 15 is 0 Å². The van der Waals surface area contributed by atoms with E-state index in [-0.39, 0.29) is 5.91 Å². The number of amides is 1. The average Bonchev–Trinajstić information content (AvgIpc) is 2.88. The van der Waals surface area contributed by atoms with E-state index in [2.05, 4.69) is 32.8 Å². The fourth-order valence-corrected chi connectivity index (χ4v) is 5.78. The standard InChI is InChI=1S/C27H32N4OS/c32-27(31-18-16-30(17-19-31)20-21-6-2-1-3-7-21)23-11-13-24(14-12-23)29-33-25-10-4-8-22-9-5-15-28-26(22)25/h4-5,8-15,21,29H,1-3,6-7,16-20H2. The Morgan fingerprint density at radius 2 is 1.70 bits per heavy atom. The van der Waals surface area contributed by atoms with Crippen LogP contribution in [0.3, 0.4) is 0 Å². The molecular weight excluding hydrogens is 428 g/mol. The minimum absolute atomic E-state index is 0.143. The molecule has 1 aliphatic heterocycles. The Morgan fingerprint density at radius 3 is 2.48 bits per heavy atom. The van der Waals surface area contributed by atoms with Gasteiger partial charge in [0.2, 0.25) is 0 Å². The van der Waals surface area contributed by atoms with Crippen molar-refractivity contribution in [2.24, 2.45) is 5.92 Å². The predicted molar refractivity (Wildman–Crippen MR) is 137 cm³/mol. The summed E-state index contributed by atoms with van der Waals surface area (Å²) in [6.45, 7) is 4.87. The van der Waals surface area contributed by atoms with Gasteiger partial charge < -0.3 is 9.62 Å². The van der Waals surface area contributed by atoms with Crippen molar-refractivity contribution in [3.8, 4) is 0 Å². The number of carbonyl (C=O) groups is 1. The van der Waals surface area contributed by atoms with E-state index in [1.807, 2.05) is 47.5 Å². The van der Waals surface area contributed by atoms with Gasteiger partial charge in [-0.3, -0.25) is 14.7 Å². The summed E-state index contributed by atoms with van der Waals surface area (Å²) in [4.78, 5) is 23.2. The first-order valence-corrected chi connectivity index (χ1v) is 13.0. The van der Waals surface area contributed by atoms with Crippen LogP contribution in [-0.4, -0.2) is 53.4 Å². The number of para-hydroxylation sites is 1. The quantitative estimate of drug-likeness (QED) is 0.479. The van der Waals surface area contributed by atoms with Crippen molar-refractivity contribution in [2.75, 3.05) is 37.4 Å². The molecule has 172 valence electrons. The molecule has 1 aromatic heterocycles. The van der Waals surface area contributed by atoms with Crippen LogP contribution in [0, 0.1) is 5.92 Å². The maximum Gasteiger partial charge on any atom is 0.253 e. The molecule has 1 saturated carbocycles. The van der Waals surface area contributed by atoms with Gasteiger partial charge in [0.05, 0.1) is 10.4 Å². The molecule has 0 radical (unpaired) electrons. The van der Waals surface area contributed by atoms with Crippen molar-refractivity contribution < 1.29 is 4.79 Å². The number of aromatic nitrogens is 1. The number of rotatable bonds is 6. The number of benzene rings is 2. The second-order valence-corrected chi connectivity index (χ2v) is 10.1. The van der Waals surface area contributed by atoms with E-state index in [0.29, 0.717) is 0 Å². The van der Waals surface area contributed by atoms with E-state index in [1.54, 1.807) is 11.9 Å². The highest BCUT2D eigenvalue weighted by Gasteiger charge is 2.24.